The molecule has 2 heterocycles. The number of nitrogens with one attached hydrogen (secondary N) is 1. The quantitative estimate of drug-likeness (QED) is 0.426. The van der Waals surface area contributed by atoms with Gasteiger partial charge < -0.3 is 9.88 Å². The lowest BCUT2D eigenvalue weighted by Gasteiger charge is -2.34. The zero-order valence-corrected chi connectivity index (χ0v) is 18.3. The molecule has 3 aromatic rings. The van der Waals surface area contributed by atoms with E-state index in [0.29, 0.717) is 29.7 Å². The largest absolute Gasteiger partial charge is 0.330 e. The van der Waals surface area contributed by atoms with E-state index in [-0.39, 0.29) is 29.4 Å². The smallest absolute Gasteiger partial charge is 0.274 e. The zero-order chi connectivity index (χ0) is 24.9. The zero-order valence-electron chi connectivity index (χ0n) is 18.3. The van der Waals surface area contributed by atoms with Crippen molar-refractivity contribution in [2.75, 3.05) is 13.1 Å². The van der Waals surface area contributed by atoms with Gasteiger partial charge in [0.1, 0.15) is 17.3 Å². The molecule has 35 heavy (non-hydrogen) atoms. The second kappa shape index (κ2) is 8.40. The van der Waals surface area contributed by atoms with E-state index in [1.165, 1.54) is 6.07 Å². The van der Waals surface area contributed by atoms with Crippen LogP contribution in [-0.2, 0) is 5.41 Å². The van der Waals surface area contributed by atoms with Gasteiger partial charge in [-0.15, -0.1) is 5.10 Å². The molecule has 11 heteroatoms. The summed E-state index contributed by atoms with van der Waals surface area (Å²) >= 11 is 0. The number of amides is 1. The minimum atomic E-state index is -2.82. The number of halogens is 4. The Hall–Kier alpha value is -3.89. The van der Waals surface area contributed by atoms with Gasteiger partial charge in [0.25, 0.3) is 17.9 Å². The van der Waals surface area contributed by atoms with Crippen molar-refractivity contribution in [2.45, 2.75) is 30.6 Å². The van der Waals surface area contributed by atoms with Gasteiger partial charge in [0.15, 0.2) is 0 Å². The lowest BCUT2D eigenvalue weighted by atomic mass is 9.80. The number of carbonyl (C=O) groups excluding carboxylic acids is 1. The van der Waals surface area contributed by atoms with E-state index < -0.39 is 41.5 Å². The first-order valence-electron chi connectivity index (χ1n) is 10.8. The number of nitrogens with zero attached hydrogens (tertiary/aromatic N) is 4. The fourth-order valence-electron chi connectivity index (χ4n) is 5.17. The Morgan fingerprint density at radius 1 is 1.26 bits per heavy atom. The number of fused-ring (bicyclic) bond motifs is 5. The average molecular weight is 485 g/mol. The van der Waals surface area contributed by atoms with Gasteiger partial charge in [0.2, 0.25) is 0 Å². The molecule has 0 radical (unpaired) electrons. The van der Waals surface area contributed by atoms with Crippen LogP contribution in [0.1, 0.15) is 40.5 Å². The molecule has 0 unspecified atom stereocenters. The number of rotatable bonds is 6. The highest BCUT2D eigenvalue weighted by Crippen LogP contribution is 2.60. The Kier molecular flexibility index (Phi) is 5.49. The van der Waals surface area contributed by atoms with Gasteiger partial charge in [-0.05, 0) is 36.6 Å². The number of carbonyl (C=O) groups is 1. The van der Waals surface area contributed by atoms with Gasteiger partial charge in [-0.3, -0.25) is 9.59 Å². The molecule has 7 nitrogen and oxygen atoms in total. The van der Waals surface area contributed by atoms with Crippen LogP contribution in [0.4, 0.5) is 17.6 Å². The predicted molar refractivity (Wildman–Crippen MR) is 117 cm³/mol. The third kappa shape index (κ3) is 3.71. The molecule has 1 saturated carbocycles. The van der Waals surface area contributed by atoms with Gasteiger partial charge >= 0.3 is 0 Å². The van der Waals surface area contributed by atoms with Crippen LogP contribution < -0.4 is 5.56 Å². The highest BCUT2D eigenvalue weighted by atomic mass is 19.3. The van der Waals surface area contributed by atoms with Crippen LogP contribution in [0, 0.1) is 11.6 Å². The van der Waals surface area contributed by atoms with Crippen molar-refractivity contribution < 1.29 is 22.4 Å². The molecule has 2 aliphatic rings. The van der Waals surface area contributed by atoms with Crippen molar-refractivity contribution in [2.24, 2.45) is 0 Å². The summed E-state index contributed by atoms with van der Waals surface area (Å²) in [5.74, 6) is -2.54. The fraction of sp³-hybridized carbons (Fsp3) is 0.292. The maximum absolute atomic E-state index is 14.3. The summed E-state index contributed by atoms with van der Waals surface area (Å²) in [6.07, 6.45) is 0.269. The standard InChI is InChI=1S/C24H19F4N5O2/c1-12-13-5-6-24(12,11-33(10-19(27)28)23(35)18-8-30-20(34)9-29-18)22-14(13)7-17(31-32-22)21-15(25)3-2-4-16(21)26/h2-4,7-9,13,19H,1,5-6,10-11H2,(H,30,34)/t13-,24-/m0/s1. The number of alkyl halides is 2. The summed E-state index contributed by atoms with van der Waals surface area (Å²) in [4.78, 5) is 31.4. The number of H-pyrrole nitrogens is 1. The first kappa shape index (κ1) is 22.9. The van der Waals surface area contributed by atoms with Crippen molar-refractivity contribution in [3.63, 3.8) is 0 Å². The Bertz CT molecular complexity index is 1370. The molecule has 2 aliphatic carbocycles. The highest BCUT2D eigenvalue weighted by Gasteiger charge is 2.55. The molecule has 2 bridgehead atoms. The molecular formula is C24H19F4N5O2. The maximum atomic E-state index is 14.3. The van der Waals surface area contributed by atoms with Crippen molar-refractivity contribution in [1.82, 2.24) is 25.1 Å². The summed E-state index contributed by atoms with van der Waals surface area (Å²) in [5, 5.41) is 8.31. The van der Waals surface area contributed by atoms with E-state index in [1.807, 2.05) is 0 Å². The molecule has 2 aromatic heterocycles. The first-order chi connectivity index (χ1) is 16.7. The summed E-state index contributed by atoms with van der Waals surface area (Å²) in [5.41, 5.74) is -0.120. The highest BCUT2D eigenvalue weighted by molar-refractivity contribution is 5.92. The normalized spacial score (nSPS) is 20.4. The number of aromatic amines is 1. The van der Waals surface area contributed by atoms with Crippen LogP contribution in [0.3, 0.4) is 0 Å². The van der Waals surface area contributed by atoms with Crippen molar-refractivity contribution >= 4 is 5.91 Å². The van der Waals surface area contributed by atoms with Gasteiger partial charge in [-0.1, -0.05) is 18.2 Å². The van der Waals surface area contributed by atoms with E-state index in [1.54, 1.807) is 6.07 Å². The summed E-state index contributed by atoms with van der Waals surface area (Å²) < 4.78 is 55.6. The molecule has 1 aromatic carbocycles. The molecule has 0 saturated heterocycles. The Morgan fingerprint density at radius 3 is 2.66 bits per heavy atom. The SMILES string of the molecule is C=C1[C@@H]2CC[C@@]1(CN(CC(F)F)C(=O)c1c[nH]c(=O)cn1)c1nnc(-c3c(F)cccc3F)cc12. The van der Waals surface area contributed by atoms with Crippen molar-refractivity contribution in [3.05, 3.63) is 87.8 Å². The van der Waals surface area contributed by atoms with Crippen molar-refractivity contribution in [3.8, 4) is 11.3 Å². The summed E-state index contributed by atoms with van der Waals surface area (Å²) in [6, 6.07) is 5.06. The molecule has 0 aliphatic heterocycles. The Labute approximate surface area is 196 Å². The fourth-order valence-corrected chi connectivity index (χ4v) is 5.17. The molecule has 5 rings (SSSR count). The topological polar surface area (TPSA) is 91.8 Å². The monoisotopic (exact) mass is 485 g/mol. The van der Waals surface area contributed by atoms with E-state index in [4.69, 9.17) is 0 Å². The molecule has 2 atom stereocenters. The van der Waals surface area contributed by atoms with Gasteiger partial charge in [0, 0.05) is 18.7 Å². The van der Waals surface area contributed by atoms with Crippen LogP contribution in [0.25, 0.3) is 11.3 Å². The molecule has 1 amide bonds. The Balaban J connectivity index is 1.54. The minimum Gasteiger partial charge on any atom is -0.330 e. The summed E-state index contributed by atoms with van der Waals surface area (Å²) in [7, 11) is 0. The number of aromatic nitrogens is 4. The first-order valence-corrected chi connectivity index (χ1v) is 10.8. The van der Waals surface area contributed by atoms with Crippen molar-refractivity contribution in [1.29, 1.82) is 0 Å². The molecular weight excluding hydrogens is 466 g/mol. The van der Waals surface area contributed by atoms with Gasteiger partial charge in [0.05, 0.1) is 35.1 Å². The summed E-state index contributed by atoms with van der Waals surface area (Å²) in [6.45, 7) is 3.16. The molecule has 1 N–H and O–H groups in total. The molecule has 180 valence electrons. The second-order valence-electron chi connectivity index (χ2n) is 8.70. The van der Waals surface area contributed by atoms with E-state index in [2.05, 4.69) is 26.7 Å². The van der Waals surface area contributed by atoms with E-state index >= 15 is 0 Å². The predicted octanol–water partition coefficient (Wildman–Crippen LogP) is 3.60. The third-order valence-corrected chi connectivity index (χ3v) is 6.76. The van der Waals surface area contributed by atoms with Crippen LogP contribution in [0.15, 0.2) is 53.6 Å². The maximum Gasteiger partial charge on any atom is 0.274 e. The second-order valence-corrected chi connectivity index (χ2v) is 8.70. The third-order valence-electron chi connectivity index (χ3n) is 6.76. The van der Waals surface area contributed by atoms with Crippen LogP contribution in [0.2, 0.25) is 0 Å². The molecule has 0 spiro atoms. The van der Waals surface area contributed by atoms with E-state index in [0.717, 1.165) is 29.4 Å². The number of hydrogen-bond acceptors (Lipinski definition) is 5. The minimum absolute atomic E-state index is 0.0211. The average Bonchev–Trinajstić information content (AvgIpc) is 3.25. The van der Waals surface area contributed by atoms with Crippen LogP contribution in [-0.4, -0.2) is 50.5 Å². The lowest BCUT2D eigenvalue weighted by molar-refractivity contribution is 0.0501. The lowest BCUT2D eigenvalue weighted by Crippen LogP contribution is -2.45. The number of benzene rings is 1. The number of hydrogen-bond donors (Lipinski definition) is 1. The van der Waals surface area contributed by atoms with Gasteiger partial charge in [-0.25, -0.2) is 22.5 Å². The van der Waals surface area contributed by atoms with Crippen LogP contribution >= 0.6 is 0 Å². The van der Waals surface area contributed by atoms with Crippen LogP contribution in [0.5, 0.6) is 0 Å². The van der Waals surface area contributed by atoms with Gasteiger partial charge in [-0.2, -0.15) is 5.10 Å². The Morgan fingerprint density at radius 2 is 2.00 bits per heavy atom. The van der Waals surface area contributed by atoms with E-state index in [9.17, 15) is 27.2 Å². The molecule has 1 fully saturated rings.